The first-order valence-corrected chi connectivity index (χ1v) is 6.64. The van der Waals surface area contributed by atoms with Crippen LogP contribution in [0.4, 0.5) is 0 Å². The van der Waals surface area contributed by atoms with Gasteiger partial charge in [-0.1, -0.05) is 6.07 Å². The summed E-state index contributed by atoms with van der Waals surface area (Å²) in [5, 5.41) is 12.0. The van der Waals surface area contributed by atoms with Crippen molar-refractivity contribution in [1.29, 1.82) is 0 Å². The number of rotatable bonds is 3. The van der Waals surface area contributed by atoms with Crippen molar-refractivity contribution in [2.45, 2.75) is 18.6 Å². The number of H-pyrrole nitrogens is 1. The van der Waals surface area contributed by atoms with E-state index in [9.17, 15) is 13.2 Å². The summed E-state index contributed by atoms with van der Waals surface area (Å²) in [5.74, 6) is 0.249. The molecule has 0 unspecified atom stereocenters. The van der Waals surface area contributed by atoms with Crippen LogP contribution in [0.3, 0.4) is 0 Å². The maximum absolute atomic E-state index is 11.3. The molecule has 2 heterocycles. The van der Waals surface area contributed by atoms with E-state index < -0.39 is 10.0 Å². The highest BCUT2D eigenvalue weighted by molar-refractivity contribution is 7.89. The van der Waals surface area contributed by atoms with Gasteiger partial charge in [-0.3, -0.25) is 9.36 Å². The van der Waals surface area contributed by atoms with Crippen molar-refractivity contribution >= 4 is 10.0 Å². The molecule has 0 aliphatic heterocycles. The van der Waals surface area contributed by atoms with E-state index in [2.05, 4.69) is 15.2 Å². The van der Waals surface area contributed by atoms with Gasteiger partial charge in [0, 0.05) is 12.6 Å². The largest absolute Gasteiger partial charge is 0.319 e. The van der Waals surface area contributed by atoms with Gasteiger partial charge in [0.25, 0.3) is 15.2 Å². The topological polar surface area (TPSA) is 124 Å². The number of nitrogens with one attached hydrogen (secondary N) is 1. The molecule has 0 fully saturated rings. The lowest BCUT2D eigenvalue weighted by molar-refractivity contribution is 0.570. The first kappa shape index (κ1) is 12.5. The van der Waals surface area contributed by atoms with E-state index in [-0.39, 0.29) is 16.5 Å². The first-order chi connectivity index (χ1) is 8.43. The van der Waals surface area contributed by atoms with Crippen LogP contribution in [0.1, 0.15) is 6.92 Å². The van der Waals surface area contributed by atoms with Crippen molar-refractivity contribution < 1.29 is 8.42 Å². The highest BCUT2D eigenvalue weighted by atomic mass is 32.2. The lowest BCUT2D eigenvalue weighted by atomic mass is 10.3. The maximum atomic E-state index is 11.3. The summed E-state index contributed by atoms with van der Waals surface area (Å²) in [7, 11) is -3.95. The van der Waals surface area contributed by atoms with E-state index in [4.69, 9.17) is 5.14 Å². The molecule has 3 N–H and O–H groups in total. The molecule has 8 nitrogen and oxygen atoms in total. The highest BCUT2D eigenvalue weighted by Crippen LogP contribution is 2.16. The van der Waals surface area contributed by atoms with Crippen LogP contribution < -0.4 is 10.7 Å². The first-order valence-electron chi connectivity index (χ1n) is 5.09. The molecule has 0 saturated carbocycles. The Hall–Kier alpha value is -2.00. The van der Waals surface area contributed by atoms with Crippen molar-refractivity contribution in [2.75, 3.05) is 0 Å². The average molecular weight is 269 g/mol. The molecule has 2 aromatic heterocycles. The summed E-state index contributed by atoms with van der Waals surface area (Å²) >= 11 is 0. The van der Waals surface area contributed by atoms with Crippen molar-refractivity contribution in [3.05, 3.63) is 28.6 Å². The number of nitrogens with zero attached hydrogens (tertiary/aromatic N) is 3. The second kappa shape index (κ2) is 4.35. The van der Waals surface area contributed by atoms with Crippen LogP contribution in [0.5, 0.6) is 0 Å². The number of pyridine rings is 1. The van der Waals surface area contributed by atoms with Gasteiger partial charge in [0.15, 0.2) is 5.82 Å². The third-order valence-electron chi connectivity index (χ3n) is 2.30. The van der Waals surface area contributed by atoms with Gasteiger partial charge >= 0.3 is 0 Å². The zero-order valence-electron chi connectivity index (χ0n) is 9.49. The van der Waals surface area contributed by atoms with Crippen LogP contribution in [0.25, 0.3) is 11.5 Å². The highest BCUT2D eigenvalue weighted by Gasteiger charge is 2.21. The summed E-state index contributed by atoms with van der Waals surface area (Å²) in [4.78, 5) is 13.8. The summed E-state index contributed by atoms with van der Waals surface area (Å²) in [5.41, 5.74) is 0.0714. The molecule has 0 amide bonds. The molecule has 0 bridgehead atoms. The number of aromatic nitrogens is 4. The fourth-order valence-corrected chi connectivity index (χ4v) is 2.24. The van der Waals surface area contributed by atoms with Gasteiger partial charge in [0.1, 0.15) is 0 Å². The van der Waals surface area contributed by atoms with E-state index in [0.29, 0.717) is 12.2 Å². The second-order valence-electron chi connectivity index (χ2n) is 3.52. The van der Waals surface area contributed by atoms with Crippen molar-refractivity contribution in [1.82, 2.24) is 19.7 Å². The van der Waals surface area contributed by atoms with E-state index in [1.807, 2.05) is 0 Å². The van der Waals surface area contributed by atoms with E-state index >= 15 is 0 Å². The number of aromatic amines is 1. The predicted molar refractivity (Wildman–Crippen MR) is 63.1 cm³/mol. The predicted octanol–water partition coefficient (Wildman–Crippen LogP) is -0.699. The molecule has 2 rings (SSSR count). The summed E-state index contributed by atoms with van der Waals surface area (Å²) in [6.07, 6.45) is 0. The lowest BCUT2D eigenvalue weighted by Gasteiger charge is -2.05. The molecule has 0 spiro atoms. The van der Waals surface area contributed by atoms with Gasteiger partial charge < -0.3 is 4.98 Å². The molecule has 0 atom stereocenters. The molecular formula is C9H11N5O3S. The molecule has 0 aliphatic rings. The van der Waals surface area contributed by atoms with Crippen LogP contribution in [-0.4, -0.2) is 28.2 Å². The van der Waals surface area contributed by atoms with Gasteiger partial charge in [-0.2, -0.15) is 0 Å². The maximum Gasteiger partial charge on any atom is 0.273 e. The smallest absolute Gasteiger partial charge is 0.273 e. The van der Waals surface area contributed by atoms with Crippen LogP contribution in [0.15, 0.2) is 28.2 Å². The normalized spacial score (nSPS) is 11.7. The Morgan fingerprint density at radius 1 is 1.39 bits per heavy atom. The molecule has 0 aliphatic carbocycles. The van der Waals surface area contributed by atoms with Gasteiger partial charge in [0.2, 0.25) is 5.56 Å². The SMILES string of the molecule is CCn1c(-c2cccc(=O)[nH]2)nnc1S(N)(=O)=O. The molecule has 2 aromatic rings. The Morgan fingerprint density at radius 2 is 2.11 bits per heavy atom. The van der Waals surface area contributed by atoms with Gasteiger partial charge in [0.05, 0.1) is 5.69 Å². The minimum atomic E-state index is -3.95. The quantitative estimate of drug-likeness (QED) is 0.762. The summed E-state index contributed by atoms with van der Waals surface area (Å²) in [6.45, 7) is 2.04. The number of sulfonamides is 1. The van der Waals surface area contributed by atoms with Gasteiger partial charge in [-0.15, -0.1) is 10.2 Å². The Morgan fingerprint density at radius 3 is 2.67 bits per heavy atom. The fourth-order valence-electron chi connectivity index (χ4n) is 1.56. The summed E-state index contributed by atoms with van der Waals surface area (Å²) < 4.78 is 23.9. The molecule has 0 radical (unpaired) electrons. The Bertz CT molecular complexity index is 731. The number of primary sulfonamides is 1. The second-order valence-corrected chi connectivity index (χ2v) is 4.98. The van der Waals surface area contributed by atoms with Crippen molar-refractivity contribution in [2.24, 2.45) is 5.14 Å². The van der Waals surface area contributed by atoms with Gasteiger partial charge in [-0.25, -0.2) is 13.6 Å². The Labute approximate surface area is 103 Å². The molecule has 0 aromatic carbocycles. The van der Waals surface area contributed by atoms with Crippen molar-refractivity contribution in [3.63, 3.8) is 0 Å². The monoisotopic (exact) mass is 269 g/mol. The zero-order valence-corrected chi connectivity index (χ0v) is 10.3. The van der Waals surface area contributed by atoms with E-state index in [1.165, 1.54) is 10.6 Å². The van der Waals surface area contributed by atoms with E-state index in [0.717, 1.165) is 0 Å². The van der Waals surface area contributed by atoms with Crippen LogP contribution >= 0.6 is 0 Å². The molecule has 0 saturated heterocycles. The lowest BCUT2D eigenvalue weighted by Crippen LogP contribution is -2.18. The third kappa shape index (κ3) is 2.17. The summed E-state index contributed by atoms with van der Waals surface area (Å²) in [6, 6.07) is 4.49. The standard InChI is InChI=1S/C9H11N5O3S/c1-2-14-8(6-4-3-5-7(15)11-6)12-13-9(14)18(10,16)17/h3-5H,2H2,1H3,(H,11,15)(H2,10,16,17). The molecular weight excluding hydrogens is 258 g/mol. The minimum absolute atomic E-state index is 0.249. The zero-order chi connectivity index (χ0) is 13.3. The van der Waals surface area contributed by atoms with Crippen LogP contribution in [0.2, 0.25) is 0 Å². The molecule has 9 heteroatoms. The molecule has 96 valence electrons. The molecule has 18 heavy (non-hydrogen) atoms. The van der Waals surface area contributed by atoms with Crippen molar-refractivity contribution in [3.8, 4) is 11.5 Å². The number of nitrogens with two attached hydrogens (primary N) is 1. The number of hydrogen-bond donors (Lipinski definition) is 2. The Kier molecular flexibility index (Phi) is 3.01. The third-order valence-corrected chi connectivity index (χ3v) is 3.11. The van der Waals surface area contributed by atoms with Gasteiger partial charge in [-0.05, 0) is 13.0 Å². The van der Waals surface area contributed by atoms with E-state index in [1.54, 1.807) is 19.1 Å². The minimum Gasteiger partial charge on any atom is -0.319 e. The average Bonchev–Trinajstić information content (AvgIpc) is 2.72. The number of hydrogen-bond acceptors (Lipinski definition) is 5. The van der Waals surface area contributed by atoms with Crippen LogP contribution in [0, 0.1) is 0 Å². The fraction of sp³-hybridized carbons (Fsp3) is 0.222. The van der Waals surface area contributed by atoms with Crippen LogP contribution in [-0.2, 0) is 16.6 Å². The Balaban J connectivity index is 2.67.